The number of hydrazone groups is 1. The van der Waals surface area contributed by atoms with E-state index in [0.29, 0.717) is 11.3 Å². The second kappa shape index (κ2) is 6.33. The molecule has 0 atom stereocenters. The molecular formula is C13H12N4O4. The van der Waals surface area contributed by atoms with Crippen LogP contribution in [0.1, 0.15) is 16.1 Å². The van der Waals surface area contributed by atoms with E-state index in [1.54, 1.807) is 12.1 Å². The Morgan fingerprint density at radius 2 is 2.24 bits per heavy atom. The largest absolute Gasteiger partial charge is 0.504 e. The van der Waals surface area contributed by atoms with Crippen molar-refractivity contribution in [1.82, 2.24) is 15.6 Å². The van der Waals surface area contributed by atoms with Crippen LogP contribution in [0, 0.1) is 0 Å². The van der Waals surface area contributed by atoms with E-state index in [0.717, 1.165) is 0 Å². The van der Waals surface area contributed by atoms with Crippen molar-refractivity contribution in [3.63, 3.8) is 0 Å². The second-order valence-electron chi connectivity index (χ2n) is 3.94. The van der Waals surface area contributed by atoms with E-state index in [2.05, 4.69) is 20.7 Å². The number of rotatable bonds is 4. The number of phenolic OH excluding ortho intramolecular Hbond substituents is 1. The summed E-state index contributed by atoms with van der Waals surface area (Å²) in [5.74, 6) is -0.253. The molecule has 0 aliphatic rings. The van der Waals surface area contributed by atoms with E-state index in [1.165, 1.54) is 31.5 Å². The first kappa shape index (κ1) is 14.3. The standard InChI is InChI=1S/C13H12N4O4/c1-21-11-6-8(2-4-10(11)18)7-14-17-13(20)9-3-5-12(19)16-15-9/h2-7,18H,1H3,(H,16,19)(H,17,20)/b14-7-. The predicted octanol–water partition coefficient (Wildman–Crippen LogP) is 0.248. The van der Waals surface area contributed by atoms with Crippen molar-refractivity contribution >= 4 is 12.1 Å². The summed E-state index contributed by atoms with van der Waals surface area (Å²) in [6.07, 6.45) is 1.38. The van der Waals surface area contributed by atoms with Crippen molar-refractivity contribution in [2.24, 2.45) is 5.10 Å². The number of methoxy groups -OCH3 is 1. The molecule has 0 spiro atoms. The van der Waals surface area contributed by atoms with E-state index < -0.39 is 11.5 Å². The minimum atomic E-state index is -0.562. The lowest BCUT2D eigenvalue weighted by Gasteiger charge is -2.03. The molecule has 1 heterocycles. The number of ether oxygens (including phenoxy) is 1. The highest BCUT2D eigenvalue weighted by Crippen LogP contribution is 2.25. The minimum Gasteiger partial charge on any atom is -0.504 e. The maximum Gasteiger partial charge on any atom is 0.291 e. The quantitative estimate of drug-likeness (QED) is 0.550. The van der Waals surface area contributed by atoms with Gasteiger partial charge in [-0.15, -0.1) is 0 Å². The lowest BCUT2D eigenvalue weighted by Crippen LogP contribution is -2.21. The van der Waals surface area contributed by atoms with Crippen LogP contribution in [0.5, 0.6) is 11.5 Å². The first-order valence-electron chi connectivity index (χ1n) is 5.86. The summed E-state index contributed by atoms with van der Waals surface area (Å²) in [5, 5.41) is 18.9. The van der Waals surface area contributed by atoms with Gasteiger partial charge in [-0.3, -0.25) is 9.59 Å². The Balaban J connectivity index is 2.03. The Hall–Kier alpha value is -3.16. The van der Waals surface area contributed by atoms with Gasteiger partial charge in [0.2, 0.25) is 0 Å². The minimum absolute atomic E-state index is 0.0103. The molecule has 2 aromatic rings. The van der Waals surface area contributed by atoms with Crippen molar-refractivity contribution in [3.8, 4) is 11.5 Å². The highest BCUT2D eigenvalue weighted by atomic mass is 16.5. The highest BCUT2D eigenvalue weighted by molar-refractivity contribution is 5.92. The van der Waals surface area contributed by atoms with Crippen LogP contribution in [0.2, 0.25) is 0 Å². The Labute approximate surface area is 119 Å². The van der Waals surface area contributed by atoms with Crippen molar-refractivity contribution in [3.05, 3.63) is 51.9 Å². The highest BCUT2D eigenvalue weighted by Gasteiger charge is 2.05. The van der Waals surface area contributed by atoms with Gasteiger partial charge in [0.25, 0.3) is 11.5 Å². The smallest absolute Gasteiger partial charge is 0.291 e. The molecule has 1 amide bonds. The Bertz CT molecular complexity index is 719. The molecule has 8 nitrogen and oxygen atoms in total. The van der Waals surface area contributed by atoms with E-state index in [4.69, 9.17) is 4.74 Å². The van der Waals surface area contributed by atoms with Crippen LogP contribution in [0.3, 0.4) is 0 Å². The third kappa shape index (κ3) is 3.66. The summed E-state index contributed by atoms with van der Waals surface area (Å²) in [6.45, 7) is 0. The maximum absolute atomic E-state index is 11.6. The van der Waals surface area contributed by atoms with Crippen molar-refractivity contribution in [2.75, 3.05) is 7.11 Å². The molecule has 21 heavy (non-hydrogen) atoms. The fraction of sp³-hybridized carbons (Fsp3) is 0.0769. The first-order valence-corrected chi connectivity index (χ1v) is 5.86. The molecule has 0 bridgehead atoms. The predicted molar refractivity (Wildman–Crippen MR) is 74.6 cm³/mol. The molecule has 0 radical (unpaired) electrons. The molecule has 8 heteroatoms. The van der Waals surface area contributed by atoms with Gasteiger partial charge in [-0.2, -0.15) is 10.2 Å². The summed E-state index contributed by atoms with van der Waals surface area (Å²) in [6, 6.07) is 7.09. The molecule has 108 valence electrons. The number of phenols is 1. The number of carbonyl (C=O) groups excluding carboxylic acids is 1. The van der Waals surface area contributed by atoms with E-state index in [9.17, 15) is 14.7 Å². The van der Waals surface area contributed by atoms with Gasteiger partial charge in [-0.25, -0.2) is 10.5 Å². The maximum atomic E-state index is 11.6. The Morgan fingerprint density at radius 3 is 2.90 bits per heavy atom. The summed E-state index contributed by atoms with van der Waals surface area (Å²) in [4.78, 5) is 22.5. The molecule has 0 fully saturated rings. The molecule has 3 N–H and O–H groups in total. The molecule has 2 rings (SSSR count). The average molecular weight is 288 g/mol. The number of aromatic hydroxyl groups is 1. The Morgan fingerprint density at radius 1 is 1.43 bits per heavy atom. The van der Waals surface area contributed by atoms with Gasteiger partial charge in [0.15, 0.2) is 17.2 Å². The van der Waals surface area contributed by atoms with E-state index in [-0.39, 0.29) is 11.4 Å². The van der Waals surface area contributed by atoms with Gasteiger partial charge in [0.1, 0.15) is 0 Å². The van der Waals surface area contributed by atoms with E-state index in [1.807, 2.05) is 0 Å². The van der Waals surface area contributed by atoms with Gasteiger partial charge in [-0.1, -0.05) is 0 Å². The van der Waals surface area contributed by atoms with Crippen LogP contribution >= 0.6 is 0 Å². The molecule has 0 saturated carbocycles. The number of H-pyrrole nitrogens is 1. The van der Waals surface area contributed by atoms with Crippen LogP contribution in [0.15, 0.2) is 40.2 Å². The van der Waals surface area contributed by atoms with Crippen LogP contribution in [-0.2, 0) is 0 Å². The van der Waals surface area contributed by atoms with Gasteiger partial charge in [0.05, 0.1) is 13.3 Å². The number of hydrogen-bond donors (Lipinski definition) is 3. The fourth-order valence-electron chi connectivity index (χ4n) is 1.47. The van der Waals surface area contributed by atoms with Crippen molar-refractivity contribution < 1.29 is 14.6 Å². The molecule has 1 aromatic carbocycles. The zero-order chi connectivity index (χ0) is 15.2. The first-order chi connectivity index (χ1) is 10.1. The van der Waals surface area contributed by atoms with Gasteiger partial charge in [0, 0.05) is 6.07 Å². The lowest BCUT2D eigenvalue weighted by atomic mass is 10.2. The zero-order valence-corrected chi connectivity index (χ0v) is 11.0. The molecule has 0 saturated heterocycles. The lowest BCUT2D eigenvalue weighted by molar-refractivity contribution is 0.0949. The number of benzene rings is 1. The zero-order valence-electron chi connectivity index (χ0n) is 11.0. The molecule has 1 aromatic heterocycles. The van der Waals surface area contributed by atoms with E-state index >= 15 is 0 Å². The number of nitrogens with one attached hydrogen (secondary N) is 2. The number of aromatic amines is 1. The van der Waals surface area contributed by atoms with Crippen LogP contribution in [0.4, 0.5) is 0 Å². The van der Waals surface area contributed by atoms with Crippen LogP contribution in [-0.4, -0.2) is 34.5 Å². The number of nitrogens with zero attached hydrogens (tertiary/aromatic N) is 2. The van der Waals surface area contributed by atoms with Crippen LogP contribution < -0.4 is 15.7 Å². The number of carbonyl (C=O) groups is 1. The number of aromatic nitrogens is 2. The molecular weight excluding hydrogens is 276 g/mol. The van der Waals surface area contributed by atoms with Gasteiger partial charge in [-0.05, 0) is 29.8 Å². The third-order valence-corrected chi connectivity index (χ3v) is 2.50. The van der Waals surface area contributed by atoms with Crippen LogP contribution in [0.25, 0.3) is 0 Å². The second-order valence-corrected chi connectivity index (χ2v) is 3.94. The summed E-state index contributed by atoms with van der Waals surface area (Å²) < 4.78 is 4.95. The SMILES string of the molecule is COc1cc(/C=N\NC(=O)c2ccc(=O)[nH]n2)ccc1O. The van der Waals surface area contributed by atoms with Gasteiger partial charge >= 0.3 is 0 Å². The van der Waals surface area contributed by atoms with Gasteiger partial charge < -0.3 is 9.84 Å². The summed E-state index contributed by atoms with van der Waals surface area (Å²) >= 11 is 0. The topological polar surface area (TPSA) is 117 Å². The van der Waals surface area contributed by atoms with Crippen molar-refractivity contribution in [1.29, 1.82) is 0 Å². The molecule has 0 aliphatic carbocycles. The van der Waals surface area contributed by atoms with Crippen molar-refractivity contribution in [2.45, 2.75) is 0 Å². The fourth-order valence-corrected chi connectivity index (χ4v) is 1.47. The monoisotopic (exact) mass is 288 g/mol. The third-order valence-electron chi connectivity index (χ3n) is 2.50. The molecule has 0 unspecified atom stereocenters. The summed E-state index contributed by atoms with van der Waals surface area (Å²) in [5.41, 5.74) is 2.53. The number of hydrogen-bond acceptors (Lipinski definition) is 6. The Kier molecular flexibility index (Phi) is 4.30. The average Bonchev–Trinajstić information content (AvgIpc) is 2.49. The summed E-state index contributed by atoms with van der Waals surface area (Å²) in [7, 11) is 1.43. The number of amides is 1. The normalized spacial score (nSPS) is 10.5. The molecule has 0 aliphatic heterocycles.